The van der Waals surface area contributed by atoms with E-state index in [4.69, 9.17) is 0 Å². The van der Waals surface area contributed by atoms with E-state index in [9.17, 15) is 4.79 Å². The molecule has 2 rings (SSSR count). The summed E-state index contributed by atoms with van der Waals surface area (Å²) in [6.07, 6.45) is 3.57. The van der Waals surface area contributed by atoms with Gasteiger partial charge in [-0.2, -0.15) is 0 Å². The van der Waals surface area contributed by atoms with Crippen molar-refractivity contribution in [2.45, 2.75) is 19.3 Å². The summed E-state index contributed by atoms with van der Waals surface area (Å²) in [5, 5.41) is 0. The number of nitrogens with zero attached hydrogens (tertiary/aromatic N) is 1. The van der Waals surface area contributed by atoms with E-state index in [0.29, 0.717) is 12.8 Å². The Bertz CT molecular complexity index is 465. The van der Waals surface area contributed by atoms with Crippen molar-refractivity contribution in [2.24, 2.45) is 0 Å². The van der Waals surface area contributed by atoms with Gasteiger partial charge >= 0.3 is 0 Å². The Morgan fingerprint density at radius 1 is 1.00 bits per heavy atom. The number of hydrogen-bond acceptors (Lipinski definition) is 2. The van der Waals surface area contributed by atoms with Gasteiger partial charge < -0.3 is 0 Å². The van der Waals surface area contributed by atoms with E-state index in [-0.39, 0.29) is 5.78 Å². The van der Waals surface area contributed by atoms with Gasteiger partial charge in [-0.1, -0.05) is 36.4 Å². The van der Waals surface area contributed by atoms with Gasteiger partial charge in [-0.05, 0) is 24.1 Å². The zero-order chi connectivity index (χ0) is 11.9. The quantitative estimate of drug-likeness (QED) is 0.783. The van der Waals surface area contributed by atoms with Crippen molar-refractivity contribution in [3.63, 3.8) is 0 Å². The third-order valence-corrected chi connectivity index (χ3v) is 2.63. The molecule has 2 aromatic rings. The first-order valence-electron chi connectivity index (χ1n) is 5.80. The van der Waals surface area contributed by atoms with Crippen molar-refractivity contribution in [3.8, 4) is 0 Å². The van der Waals surface area contributed by atoms with E-state index < -0.39 is 0 Å². The van der Waals surface area contributed by atoms with E-state index in [0.717, 1.165) is 17.7 Å². The van der Waals surface area contributed by atoms with Crippen LogP contribution < -0.4 is 0 Å². The molecule has 1 aromatic heterocycles. The molecule has 1 heterocycles. The number of rotatable bonds is 5. The van der Waals surface area contributed by atoms with Crippen LogP contribution in [0.5, 0.6) is 0 Å². The van der Waals surface area contributed by atoms with Gasteiger partial charge in [0.15, 0.2) is 0 Å². The minimum Gasteiger partial charge on any atom is -0.299 e. The van der Waals surface area contributed by atoms with Crippen LogP contribution in [-0.4, -0.2) is 10.8 Å². The van der Waals surface area contributed by atoms with Gasteiger partial charge in [-0.3, -0.25) is 9.78 Å². The largest absolute Gasteiger partial charge is 0.299 e. The highest BCUT2D eigenvalue weighted by atomic mass is 16.1. The van der Waals surface area contributed by atoms with Crippen LogP contribution in [0.2, 0.25) is 0 Å². The van der Waals surface area contributed by atoms with Crippen LogP contribution in [0.4, 0.5) is 0 Å². The predicted molar refractivity (Wildman–Crippen MR) is 67.7 cm³/mol. The van der Waals surface area contributed by atoms with Crippen LogP contribution in [0.25, 0.3) is 0 Å². The molecule has 0 saturated carbocycles. The molecule has 0 aliphatic carbocycles. The highest BCUT2D eigenvalue weighted by Crippen LogP contribution is 2.04. The molecule has 2 heteroatoms. The van der Waals surface area contributed by atoms with E-state index >= 15 is 0 Å². The topological polar surface area (TPSA) is 30.0 Å². The number of carbonyl (C=O) groups excluding carboxylic acids is 1. The van der Waals surface area contributed by atoms with Gasteiger partial charge in [-0.25, -0.2) is 0 Å². The Morgan fingerprint density at radius 2 is 1.76 bits per heavy atom. The highest BCUT2D eigenvalue weighted by molar-refractivity contribution is 5.81. The molecule has 0 amide bonds. The number of carbonyl (C=O) groups is 1. The average molecular weight is 225 g/mol. The van der Waals surface area contributed by atoms with Crippen LogP contribution in [0.3, 0.4) is 0 Å². The third-order valence-electron chi connectivity index (χ3n) is 2.63. The zero-order valence-electron chi connectivity index (χ0n) is 9.67. The fraction of sp³-hybridized carbons (Fsp3) is 0.200. The molecule has 0 unspecified atom stereocenters. The van der Waals surface area contributed by atoms with Crippen molar-refractivity contribution < 1.29 is 4.79 Å². The number of pyridine rings is 1. The first kappa shape index (κ1) is 11.5. The monoisotopic (exact) mass is 225 g/mol. The van der Waals surface area contributed by atoms with Crippen LogP contribution >= 0.6 is 0 Å². The summed E-state index contributed by atoms with van der Waals surface area (Å²) in [4.78, 5) is 16.0. The number of aryl methyl sites for hydroxylation is 1. The maximum atomic E-state index is 11.8. The normalized spacial score (nSPS) is 10.1. The highest BCUT2D eigenvalue weighted by Gasteiger charge is 2.04. The lowest BCUT2D eigenvalue weighted by molar-refractivity contribution is -0.118. The Kier molecular flexibility index (Phi) is 4.03. The summed E-state index contributed by atoms with van der Waals surface area (Å²) in [6.45, 7) is 0. The molecular formula is C15H15NO. The number of aromatic nitrogens is 1. The third kappa shape index (κ3) is 3.83. The Hall–Kier alpha value is -1.96. The molecule has 17 heavy (non-hydrogen) atoms. The first-order valence-corrected chi connectivity index (χ1v) is 5.80. The molecule has 0 atom stereocenters. The van der Waals surface area contributed by atoms with Crippen LogP contribution in [0, 0.1) is 0 Å². The molecule has 0 fully saturated rings. The Labute approximate surface area is 101 Å². The second-order valence-corrected chi connectivity index (χ2v) is 4.02. The summed E-state index contributed by atoms with van der Waals surface area (Å²) in [5.41, 5.74) is 2.06. The molecule has 0 radical (unpaired) electrons. The number of benzene rings is 1. The minimum absolute atomic E-state index is 0.266. The van der Waals surface area contributed by atoms with E-state index in [1.54, 1.807) is 6.20 Å². The molecule has 0 aliphatic rings. The van der Waals surface area contributed by atoms with E-state index in [2.05, 4.69) is 4.98 Å². The second kappa shape index (κ2) is 5.94. The van der Waals surface area contributed by atoms with Gasteiger partial charge in [0, 0.05) is 24.7 Å². The summed E-state index contributed by atoms with van der Waals surface area (Å²) >= 11 is 0. The van der Waals surface area contributed by atoms with Gasteiger partial charge in [0.1, 0.15) is 5.78 Å². The van der Waals surface area contributed by atoms with E-state index in [1.807, 2.05) is 48.5 Å². The minimum atomic E-state index is 0.266. The van der Waals surface area contributed by atoms with Gasteiger partial charge in [-0.15, -0.1) is 0 Å². The number of ketones is 1. The van der Waals surface area contributed by atoms with Crippen molar-refractivity contribution in [3.05, 3.63) is 66.0 Å². The van der Waals surface area contributed by atoms with Gasteiger partial charge in [0.25, 0.3) is 0 Å². The fourth-order valence-electron chi connectivity index (χ4n) is 1.73. The lowest BCUT2D eigenvalue weighted by Crippen LogP contribution is -2.04. The summed E-state index contributed by atoms with van der Waals surface area (Å²) in [6, 6.07) is 15.6. The van der Waals surface area contributed by atoms with Crippen molar-refractivity contribution in [2.75, 3.05) is 0 Å². The van der Waals surface area contributed by atoms with Crippen molar-refractivity contribution in [1.82, 2.24) is 4.98 Å². The van der Waals surface area contributed by atoms with Crippen molar-refractivity contribution >= 4 is 5.78 Å². The molecule has 0 aliphatic heterocycles. The number of hydrogen-bond donors (Lipinski definition) is 0. The molecule has 2 nitrogen and oxygen atoms in total. The van der Waals surface area contributed by atoms with Crippen LogP contribution in [0.15, 0.2) is 54.7 Å². The first-order chi connectivity index (χ1) is 8.34. The lowest BCUT2D eigenvalue weighted by Gasteiger charge is -2.01. The second-order valence-electron chi connectivity index (χ2n) is 4.02. The smallest absolute Gasteiger partial charge is 0.137 e. The summed E-state index contributed by atoms with van der Waals surface area (Å²) in [7, 11) is 0. The standard InChI is InChI=1S/C15H15NO/c17-15(12-13-6-2-1-3-7-13)10-9-14-8-4-5-11-16-14/h1-8,11H,9-10,12H2. The predicted octanol–water partition coefficient (Wildman–Crippen LogP) is 2.83. The molecule has 86 valence electrons. The zero-order valence-corrected chi connectivity index (χ0v) is 9.67. The van der Waals surface area contributed by atoms with Gasteiger partial charge in [0.05, 0.1) is 0 Å². The molecule has 1 aromatic carbocycles. The Balaban J connectivity index is 1.83. The van der Waals surface area contributed by atoms with Crippen LogP contribution in [-0.2, 0) is 17.6 Å². The summed E-state index contributed by atoms with van der Waals surface area (Å²) < 4.78 is 0. The number of Topliss-reactive ketones (excluding diaryl/α,β-unsaturated/α-hetero) is 1. The molecule has 0 N–H and O–H groups in total. The van der Waals surface area contributed by atoms with E-state index in [1.165, 1.54) is 0 Å². The average Bonchev–Trinajstić information content (AvgIpc) is 2.39. The Morgan fingerprint density at radius 3 is 2.47 bits per heavy atom. The lowest BCUT2D eigenvalue weighted by atomic mass is 10.0. The molecule has 0 saturated heterocycles. The molecular weight excluding hydrogens is 210 g/mol. The fourth-order valence-corrected chi connectivity index (χ4v) is 1.73. The summed E-state index contributed by atoms with van der Waals surface area (Å²) in [5.74, 6) is 0.266. The van der Waals surface area contributed by atoms with Crippen LogP contribution in [0.1, 0.15) is 17.7 Å². The maximum absolute atomic E-state index is 11.8. The SMILES string of the molecule is O=C(CCc1ccccn1)Cc1ccccc1. The maximum Gasteiger partial charge on any atom is 0.137 e. The van der Waals surface area contributed by atoms with Gasteiger partial charge in [0.2, 0.25) is 0 Å². The molecule has 0 bridgehead atoms. The molecule has 0 spiro atoms. The van der Waals surface area contributed by atoms with Crippen molar-refractivity contribution in [1.29, 1.82) is 0 Å².